The molecule has 9 nitrogen and oxygen atoms in total. The van der Waals surface area contributed by atoms with Crippen LogP contribution in [-0.2, 0) is 10.0 Å². The van der Waals surface area contributed by atoms with E-state index < -0.39 is 10.0 Å². The maximum Gasteiger partial charge on any atom is 0.273 e. The first-order chi connectivity index (χ1) is 14.9. The van der Waals surface area contributed by atoms with Gasteiger partial charge in [-0.25, -0.2) is 8.42 Å². The monoisotopic (exact) mass is 454 g/mol. The van der Waals surface area contributed by atoms with Gasteiger partial charge in [0.1, 0.15) is 5.76 Å². The summed E-state index contributed by atoms with van der Waals surface area (Å²) in [5.41, 5.74) is 0.303. The molecule has 2 N–H and O–H groups in total. The molecule has 31 heavy (non-hydrogen) atoms. The molecular formula is C21H34N4O5S. The van der Waals surface area contributed by atoms with Crippen molar-refractivity contribution in [2.75, 3.05) is 38.5 Å². The Labute approximate surface area is 184 Å². The number of aliphatic hydroxyl groups is 1. The van der Waals surface area contributed by atoms with Gasteiger partial charge in [-0.2, -0.15) is 4.31 Å². The molecule has 1 aliphatic carbocycles. The smallest absolute Gasteiger partial charge is 0.273 e. The van der Waals surface area contributed by atoms with Gasteiger partial charge in [0.2, 0.25) is 10.0 Å². The van der Waals surface area contributed by atoms with Gasteiger partial charge in [0.05, 0.1) is 12.4 Å². The van der Waals surface area contributed by atoms with Gasteiger partial charge >= 0.3 is 0 Å². The van der Waals surface area contributed by atoms with Crippen molar-refractivity contribution >= 4 is 15.9 Å². The van der Waals surface area contributed by atoms with Gasteiger partial charge in [0, 0.05) is 37.2 Å². The molecule has 3 heterocycles. The summed E-state index contributed by atoms with van der Waals surface area (Å²) in [6.45, 7) is 4.82. The summed E-state index contributed by atoms with van der Waals surface area (Å²) in [4.78, 5) is 14.7. The minimum Gasteiger partial charge on any atom is -0.395 e. The van der Waals surface area contributed by atoms with E-state index in [1.807, 2.05) is 6.92 Å². The number of aromatic nitrogens is 1. The summed E-state index contributed by atoms with van der Waals surface area (Å²) in [5.74, 6) is 1.28. The van der Waals surface area contributed by atoms with Crippen LogP contribution in [0.15, 0.2) is 10.6 Å². The highest BCUT2D eigenvalue weighted by Crippen LogP contribution is 2.40. The maximum absolute atomic E-state index is 13.1. The lowest BCUT2D eigenvalue weighted by atomic mass is 9.99. The number of amides is 1. The Kier molecular flexibility index (Phi) is 7.00. The Hall–Kier alpha value is -1.49. The molecule has 2 aliphatic heterocycles. The molecule has 3 aliphatic rings. The minimum absolute atomic E-state index is 0.0725. The Morgan fingerprint density at radius 1 is 1.23 bits per heavy atom. The lowest BCUT2D eigenvalue weighted by Crippen LogP contribution is -2.52. The number of likely N-dealkylation sites (tertiary alicyclic amines) is 1. The lowest BCUT2D eigenvalue weighted by molar-refractivity contribution is 0.0905. The summed E-state index contributed by atoms with van der Waals surface area (Å²) in [7, 11) is -3.34. The van der Waals surface area contributed by atoms with Crippen LogP contribution < -0.4 is 5.32 Å². The molecule has 4 rings (SSSR count). The van der Waals surface area contributed by atoms with E-state index in [1.165, 1.54) is 0 Å². The fraction of sp³-hybridized carbons (Fsp3) is 0.810. The molecule has 0 bridgehead atoms. The number of aliphatic hydroxyl groups excluding tert-OH is 1. The minimum atomic E-state index is -3.34. The highest BCUT2D eigenvalue weighted by atomic mass is 32.2. The molecule has 1 saturated carbocycles. The van der Waals surface area contributed by atoms with Gasteiger partial charge in [0.25, 0.3) is 5.91 Å². The first-order valence-corrected chi connectivity index (χ1v) is 13.1. The first-order valence-electron chi connectivity index (χ1n) is 11.5. The highest BCUT2D eigenvalue weighted by molar-refractivity contribution is 7.89. The molecule has 1 aromatic heterocycles. The van der Waals surface area contributed by atoms with Crippen LogP contribution in [-0.4, -0.2) is 84.4 Å². The van der Waals surface area contributed by atoms with Crippen LogP contribution in [0, 0.1) is 5.92 Å². The molecule has 3 fully saturated rings. The van der Waals surface area contributed by atoms with Crippen LogP contribution in [0.2, 0.25) is 0 Å². The third-order valence-electron chi connectivity index (χ3n) is 6.82. The number of hydrogen-bond acceptors (Lipinski definition) is 7. The van der Waals surface area contributed by atoms with Crippen molar-refractivity contribution in [2.24, 2.45) is 5.92 Å². The highest BCUT2D eigenvalue weighted by Gasteiger charge is 2.36. The summed E-state index contributed by atoms with van der Waals surface area (Å²) in [5, 5.41) is 15.9. The van der Waals surface area contributed by atoms with E-state index in [0.29, 0.717) is 37.5 Å². The van der Waals surface area contributed by atoms with Crippen molar-refractivity contribution in [3.05, 3.63) is 17.5 Å². The topological polar surface area (TPSA) is 116 Å². The fourth-order valence-electron chi connectivity index (χ4n) is 4.82. The quantitative estimate of drug-likeness (QED) is 0.606. The predicted molar refractivity (Wildman–Crippen MR) is 115 cm³/mol. The number of β-amino-alcohol motifs (C(OH)–C–C–N with tert-alkyl or cyclic N) is 1. The molecule has 0 radical (unpaired) electrons. The second-order valence-electron chi connectivity index (χ2n) is 9.33. The molecule has 174 valence electrons. The van der Waals surface area contributed by atoms with Crippen LogP contribution in [0.4, 0.5) is 0 Å². The normalized spacial score (nSPS) is 26.8. The summed E-state index contributed by atoms with van der Waals surface area (Å²) in [6.07, 6.45) is 5.05. The molecule has 0 aromatic carbocycles. The third-order valence-corrected chi connectivity index (χ3v) is 8.97. The Morgan fingerprint density at radius 3 is 2.61 bits per heavy atom. The predicted octanol–water partition coefficient (Wildman–Crippen LogP) is 1.17. The summed E-state index contributed by atoms with van der Waals surface area (Å²) < 4.78 is 33.0. The van der Waals surface area contributed by atoms with Crippen LogP contribution in [0.3, 0.4) is 0 Å². The molecule has 10 heteroatoms. The van der Waals surface area contributed by atoms with E-state index in [9.17, 15) is 13.2 Å². The van der Waals surface area contributed by atoms with Crippen LogP contribution in [0.5, 0.6) is 0 Å². The van der Waals surface area contributed by atoms with E-state index in [-0.39, 0.29) is 36.3 Å². The Balaban J connectivity index is 1.26. The number of rotatable bonds is 8. The molecule has 2 atom stereocenters. The van der Waals surface area contributed by atoms with E-state index >= 15 is 0 Å². The van der Waals surface area contributed by atoms with Crippen molar-refractivity contribution in [2.45, 2.75) is 63.5 Å². The van der Waals surface area contributed by atoms with Crippen LogP contribution >= 0.6 is 0 Å². The average Bonchev–Trinajstić information content (AvgIpc) is 3.45. The van der Waals surface area contributed by atoms with E-state index in [2.05, 4.69) is 15.4 Å². The summed E-state index contributed by atoms with van der Waals surface area (Å²) >= 11 is 0. The molecule has 1 aromatic rings. The SMILES string of the molecule is C[C@H]1C[C@@H](NC(=O)c2cc(C3CC3)on2)CCN1S(=O)(=O)CC1CCN(CCO)CC1. The van der Waals surface area contributed by atoms with Crippen molar-refractivity contribution in [1.29, 1.82) is 0 Å². The average molecular weight is 455 g/mol. The van der Waals surface area contributed by atoms with Crippen molar-refractivity contribution < 1.29 is 22.8 Å². The van der Waals surface area contributed by atoms with Gasteiger partial charge in [-0.15, -0.1) is 0 Å². The summed E-state index contributed by atoms with van der Waals surface area (Å²) in [6, 6.07) is 1.50. The molecule has 0 spiro atoms. The zero-order valence-corrected chi connectivity index (χ0v) is 19.0. The third kappa shape index (κ3) is 5.66. The Morgan fingerprint density at radius 2 is 1.97 bits per heavy atom. The second kappa shape index (κ2) is 9.56. The molecule has 0 unspecified atom stereocenters. The molecule has 2 saturated heterocycles. The van der Waals surface area contributed by atoms with E-state index in [1.54, 1.807) is 10.4 Å². The van der Waals surface area contributed by atoms with Gasteiger partial charge in [-0.3, -0.25) is 4.79 Å². The number of hydrogen-bond donors (Lipinski definition) is 2. The standard InChI is InChI=1S/C21H34N4O5S/c1-15-12-18(22-21(27)19-13-20(30-23-19)17-2-3-17)6-9-25(15)31(28,29)14-16-4-7-24(8-5-16)10-11-26/h13,15-18,26H,2-12,14H2,1H3,(H,22,27)/t15-,18-/m0/s1. The number of sulfonamides is 1. The van der Waals surface area contributed by atoms with Crippen molar-refractivity contribution in [1.82, 2.24) is 19.7 Å². The second-order valence-corrected chi connectivity index (χ2v) is 11.3. The van der Waals surface area contributed by atoms with Gasteiger partial charge in [-0.05, 0) is 64.5 Å². The zero-order valence-electron chi connectivity index (χ0n) is 18.2. The van der Waals surface area contributed by atoms with E-state index in [0.717, 1.165) is 44.5 Å². The van der Waals surface area contributed by atoms with Gasteiger partial charge in [-0.1, -0.05) is 5.16 Å². The lowest BCUT2D eigenvalue weighted by Gasteiger charge is -2.38. The number of nitrogens with one attached hydrogen (secondary N) is 1. The van der Waals surface area contributed by atoms with Crippen molar-refractivity contribution in [3.63, 3.8) is 0 Å². The number of carbonyl (C=O) groups excluding carboxylic acids is 1. The molecule has 1 amide bonds. The fourth-order valence-corrected chi connectivity index (χ4v) is 6.96. The van der Waals surface area contributed by atoms with Crippen LogP contribution in [0.1, 0.15) is 67.6 Å². The number of nitrogens with zero attached hydrogens (tertiary/aromatic N) is 3. The molecular weight excluding hydrogens is 420 g/mol. The van der Waals surface area contributed by atoms with Crippen LogP contribution in [0.25, 0.3) is 0 Å². The van der Waals surface area contributed by atoms with E-state index in [4.69, 9.17) is 9.63 Å². The van der Waals surface area contributed by atoms with Gasteiger partial charge < -0.3 is 19.8 Å². The van der Waals surface area contributed by atoms with Crippen molar-refractivity contribution in [3.8, 4) is 0 Å². The Bertz CT molecular complexity index is 861. The van der Waals surface area contributed by atoms with Gasteiger partial charge in [0.15, 0.2) is 5.69 Å². The largest absolute Gasteiger partial charge is 0.395 e. The number of carbonyl (C=O) groups is 1. The number of piperidine rings is 2. The first kappa shape index (κ1) is 22.7. The maximum atomic E-state index is 13.1. The zero-order chi connectivity index (χ0) is 22.0.